The molecule has 0 fully saturated rings. The van der Waals surface area contributed by atoms with E-state index in [4.69, 9.17) is 17.3 Å². The number of anilines is 2. The summed E-state index contributed by atoms with van der Waals surface area (Å²) in [6.07, 6.45) is 0.969. The summed E-state index contributed by atoms with van der Waals surface area (Å²) in [5, 5.41) is 0.547. The number of benzene rings is 2. The summed E-state index contributed by atoms with van der Waals surface area (Å²) < 4.78 is 13.9. The first-order valence-electron chi connectivity index (χ1n) is 6.64. The van der Waals surface area contributed by atoms with Crippen molar-refractivity contribution < 1.29 is 4.39 Å². The summed E-state index contributed by atoms with van der Waals surface area (Å²) in [5.74, 6) is -0.237. The third-order valence-electron chi connectivity index (χ3n) is 3.10. The minimum atomic E-state index is -0.237. The van der Waals surface area contributed by atoms with E-state index in [1.807, 2.05) is 24.3 Å². The van der Waals surface area contributed by atoms with E-state index in [9.17, 15) is 4.39 Å². The number of halogens is 2. The molecule has 0 spiro atoms. The van der Waals surface area contributed by atoms with E-state index < -0.39 is 0 Å². The van der Waals surface area contributed by atoms with E-state index in [1.165, 1.54) is 6.07 Å². The van der Waals surface area contributed by atoms with Crippen LogP contribution in [0.5, 0.6) is 0 Å². The van der Waals surface area contributed by atoms with E-state index in [0.717, 1.165) is 18.7 Å². The topological polar surface area (TPSA) is 29.3 Å². The fourth-order valence-corrected chi connectivity index (χ4v) is 2.36. The Balaban J connectivity index is 2.27. The van der Waals surface area contributed by atoms with Gasteiger partial charge in [0.25, 0.3) is 0 Å². The highest BCUT2D eigenvalue weighted by atomic mass is 35.5. The Morgan fingerprint density at radius 3 is 2.70 bits per heavy atom. The molecule has 0 saturated carbocycles. The standard InChI is InChI=1S/C16H18ClFN2/c1-2-8-20(15-5-3-4-14(19)10-15)11-12-9-13(17)6-7-16(12)18/h3-7,9-10H,2,8,11,19H2,1H3. The van der Waals surface area contributed by atoms with E-state index >= 15 is 0 Å². The van der Waals surface area contributed by atoms with Crippen LogP contribution >= 0.6 is 11.6 Å². The lowest BCUT2D eigenvalue weighted by Crippen LogP contribution is -2.24. The van der Waals surface area contributed by atoms with Gasteiger partial charge in [-0.25, -0.2) is 4.39 Å². The molecule has 2 rings (SSSR count). The molecule has 2 N–H and O–H groups in total. The molecule has 0 bridgehead atoms. The van der Waals surface area contributed by atoms with Crippen molar-refractivity contribution in [2.75, 3.05) is 17.2 Å². The summed E-state index contributed by atoms with van der Waals surface area (Å²) in [5.41, 5.74) is 8.10. The highest BCUT2D eigenvalue weighted by molar-refractivity contribution is 6.30. The Kier molecular flexibility index (Phi) is 4.85. The van der Waals surface area contributed by atoms with Gasteiger partial charge in [-0.05, 0) is 42.8 Å². The molecule has 20 heavy (non-hydrogen) atoms. The molecular formula is C16H18ClFN2. The monoisotopic (exact) mass is 292 g/mol. The molecule has 4 heteroatoms. The van der Waals surface area contributed by atoms with Crippen LogP contribution in [-0.2, 0) is 6.54 Å². The van der Waals surface area contributed by atoms with Gasteiger partial charge in [0.1, 0.15) is 5.82 Å². The SMILES string of the molecule is CCCN(Cc1cc(Cl)ccc1F)c1cccc(N)c1. The second-order valence-electron chi connectivity index (χ2n) is 4.75. The van der Waals surface area contributed by atoms with Crippen molar-refractivity contribution in [3.05, 3.63) is 58.9 Å². The van der Waals surface area contributed by atoms with Crippen LogP contribution in [0.4, 0.5) is 15.8 Å². The highest BCUT2D eigenvalue weighted by Crippen LogP contribution is 2.23. The minimum Gasteiger partial charge on any atom is -0.399 e. The largest absolute Gasteiger partial charge is 0.399 e. The van der Waals surface area contributed by atoms with Crippen LogP contribution in [0.3, 0.4) is 0 Å². The molecule has 0 heterocycles. The third kappa shape index (κ3) is 3.64. The maximum Gasteiger partial charge on any atom is 0.128 e. The molecule has 106 valence electrons. The average Bonchev–Trinajstić information content (AvgIpc) is 2.42. The molecule has 0 aliphatic rings. The van der Waals surface area contributed by atoms with Gasteiger partial charge in [-0.1, -0.05) is 24.6 Å². The lowest BCUT2D eigenvalue weighted by molar-refractivity contribution is 0.603. The van der Waals surface area contributed by atoms with Gasteiger partial charge in [0.15, 0.2) is 0 Å². The van der Waals surface area contributed by atoms with Gasteiger partial charge < -0.3 is 10.6 Å². The fourth-order valence-electron chi connectivity index (χ4n) is 2.16. The zero-order valence-corrected chi connectivity index (χ0v) is 12.2. The Morgan fingerprint density at radius 1 is 1.20 bits per heavy atom. The number of rotatable bonds is 5. The first-order valence-corrected chi connectivity index (χ1v) is 7.02. The van der Waals surface area contributed by atoms with E-state index in [-0.39, 0.29) is 5.82 Å². The van der Waals surface area contributed by atoms with Crippen molar-refractivity contribution in [3.8, 4) is 0 Å². The lowest BCUT2D eigenvalue weighted by atomic mass is 10.1. The Labute approximate surface area is 124 Å². The molecule has 2 aromatic rings. The predicted octanol–water partition coefficient (Wildman–Crippen LogP) is 4.48. The maximum absolute atomic E-state index is 13.9. The number of nitrogen functional groups attached to an aromatic ring is 1. The zero-order valence-electron chi connectivity index (χ0n) is 11.4. The van der Waals surface area contributed by atoms with Gasteiger partial charge in [0.2, 0.25) is 0 Å². The number of nitrogens with zero attached hydrogens (tertiary/aromatic N) is 1. The van der Waals surface area contributed by atoms with Crippen molar-refractivity contribution in [1.82, 2.24) is 0 Å². The second-order valence-corrected chi connectivity index (χ2v) is 5.19. The van der Waals surface area contributed by atoms with Crippen LogP contribution in [0.15, 0.2) is 42.5 Å². The van der Waals surface area contributed by atoms with Crippen molar-refractivity contribution in [1.29, 1.82) is 0 Å². The molecule has 0 atom stereocenters. The molecule has 2 nitrogen and oxygen atoms in total. The van der Waals surface area contributed by atoms with Crippen LogP contribution in [0.1, 0.15) is 18.9 Å². The van der Waals surface area contributed by atoms with Gasteiger partial charge >= 0.3 is 0 Å². The van der Waals surface area contributed by atoms with Crippen LogP contribution < -0.4 is 10.6 Å². The summed E-state index contributed by atoms with van der Waals surface area (Å²) in [6.45, 7) is 3.40. The summed E-state index contributed by atoms with van der Waals surface area (Å²) in [4.78, 5) is 2.10. The van der Waals surface area contributed by atoms with E-state index in [1.54, 1.807) is 12.1 Å². The Hall–Kier alpha value is -1.74. The first-order chi connectivity index (χ1) is 9.60. The molecule has 0 radical (unpaired) electrons. The first kappa shape index (κ1) is 14.7. The van der Waals surface area contributed by atoms with E-state index in [2.05, 4.69) is 11.8 Å². The minimum absolute atomic E-state index is 0.237. The maximum atomic E-state index is 13.9. The lowest BCUT2D eigenvalue weighted by Gasteiger charge is -2.25. The van der Waals surface area contributed by atoms with Gasteiger partial charge in [0.05, 0.1) is 0 Å². The quantitative estimate of drug-likeness (QED) is 0.823. The summed E-state index contributed by atoms with van der Waals surface area (Å²) in [7, 11) is 0. The smallest absolute Gasteiger partial charge is 0.128 e. The summed E-state index contributed by atoms with van der Waals surface area (Å²) >= 11 is 5.94. The van der Waals surface area contributed by atoms with Gasteiger partial charge in [0, 0.05) is 35.1 Å². The molecular weight excluding hydrogens is 275 g/mol. The third-order valence-corrected chi connectivity index (χ3v) is 3.33. The fraction of sp³-hybridized carbons (Fsp3) is 0.250. The van der Waals surface area contributed by atoms with Gasteiger partial charge in [-0.3, -0.25) is 0 Å². The van der Waals surface area contributed by atoms with Crippen LogP contribution in [0, 0.1) is 5.82 Å². The molecule has 0 unspecified atom stereocenters. The molecule has 0 aromatic heterocycles. The van der Waals surface area contributed by atoms with Crippen molar-refractivity contribution in [2.24, 2.45) is 0 Å². The van der Waals surface area contributed by atoms with E-state index in [0.29, 0.717) is 22.8 Å². The molecule has 2 aromatic carbocycles. The summed E-state index contributed by atoms with van der Waals surface area (Å²) in [6, 6.07) is 12.3. The number of hydrogen-bond donors (Lipinski definition) is 1. The van der Waals surface area contributed by atoms with Crippen LogP contribution in [0.2, 0.25) is 5.02 Å². The number of hydrogen-bond acceptors (Lipinski definition) is 2. The van der Waals surface area contributed by atoms with Crippen LogP contribution in [-0.4, -0.2) is 6.54 Å². The zero-order chi connectivity index (χ0) is 14.5. The predicted molar refractivity (Wildman–Crippen MR) is 83.6 cm³/mol. The number of nitrogens with two attached hydrogens (primary N) is 1. The van der Waals surface area contributed by atoms with Crippen molar-refractivity contribution >= 4 is 23.0 Å². The Morgan fingerprint density at radius 2 is 2.00 bits per heavy atom. The normalized spacial score (nSPS) is 10.6. The molecule has 0 aliphatic heterocycles. The average molecular weight is 293 g/mol. The highest BCUT2D eigenvalue weighted by Gasteiger charge is 2.10. The van der Waals surface area contributed by atoms with Gasteiger partial charge in [-0.15, -0.1) is 0 Å². The van der Waals surface area contributed by atoms with Gasteiger partial charge in [-0.2, -0.15) is 0 Å². The molecule has 0 saturated heterocycles. The van der Waals surface area contributed by atoms with Crippen molar-refractivity contribution in [3.63, 3.8) is 0 Å². The molecule has 0 amide bonds. The second kappa shape index (κ2) is 6.62. The molecule has 0 aliphatic carbocycles. The Bertz CT molecular complexity index is 586. The van der Waals surface area contributed by atoms with Crippen molar-refractivity contribution in [2.45, 2.75) is 19.9 Å². The van der Waals surface area contributed by atoms with Crippen LogP contribution in [0.25, 0.3) is 0 Å².